The summed E-state index contributed by atoms with van der Waals surface area (Å²) in [4.78, 5) is 25.2. The Labute approximate surface area is 166 Å². The molecule has 2 N–H and O–H groups in total. The summed E-state index contributed by atoms with van der Waals surface area (Å²) in [7, 11) is 3.21. The van der Waals surface area contributed by atoms with Gasteiger partial charge in [0.05, 0.1) is 19.3 Å². The first kappa shape index (κ1) is 20.6. The minimum Gasteiger partial charge on any atom is -0.497 e. The van der Waals surface area contributed by atoms with E-state index in [2.05, 4.69) is 10.6 Å². The Morgan fingerprint density at radius 3 is 2.57 bits per heavy atom. The molecule has 3 rings (SSSR count). The highest BCUT2D eigenvalue weighted by Gasteiger charge is 2.35. The van der Waals surface area contributed by atoms with E-state index in [1.165, 1.54) is 0 Å². The molecule has 2 aliphatic rings. The van der Waals surface area contributed by atoms with Crippen molar-refractivity contribution >= 4 is 11.8 Å². The third-order valence-electron chi connectivity index (χ3n) is 5.68. The van der Waals surface area contributed by atoms with Gasteiger partial charge in [0.15, 0.2) is 0 Å². The fraction of sp³-hybridized carbons (Fsp3) is 0.619. The zero-order valence-corrected chi connectivity index (χ0v) is 16.6. The number of nitrogens with one attached hydrogen (secondary N) is 2. The monoisotopic (exact) mass is 390 g/mol. The molecule has 0 spiro atoms. The normalized spacial score (nSPS) is 25.7. The van der Waals surface area contributed by atoms with Crippen LogP contribution in [0.1, 0.15) is 42.5 Å². The summed E-state index contributed by atoms with van der Waals surface area (Å²) in [5.74, 6) is 0.491. The largest absolute Gasteiger partial charge is 0.497 e. The number of rotatable bonds is 6. The van der Waals surface area contributed by atoms with Gasteiger partial charge in [-0.3, -0.25) is 9.59 Å². The van der Waals surface area contributed by atoms with Gasteiger partial charge in [-0.25, -0.2) is 0 Å². The van der Waals surface area contributed by atoms with Crippen LogP contribution in [0, 0.1) is 5.92 Å². The minimum atomic E-state index is -0.186. The number of hydrogen-bond donors (Lipinski definition) is 2. The van der Waals surface area contributed by atoms with E-state index in [0.717, 1.165) is 19.3 Å². The summed E-state index contributed by atoms with van der Waals surface area (Å²) >= 11 is 0. The first-order valence-electron chi connectivity index (χ1n) is 9.96. The van der Waals surface area contributed by atoms with Gasteiger partial charge in [0.25, 0.3) is 5.91 Å². The van der Waals surface area contributed by atoms with E-state index in [1.54, 1.807) is 38.5 Å². The van der Waals surface area contributed by atoms with Crippen molar-refractivity contribution in [3.8, 4) is 5.75 Å². The topological polar surface area (TPSA) is 85.9 Å². The zero-order chi connectivity index (χ0) is 19.9. The molecule has 1 aromatic carbocycles. The van der Waals surface area contributed by atoms with Gasteiger partial charge in [0, 0.05) is 37.8 Å². The second-order valence-corrected chi connectivity index (χ2v) is 7.49. The summed E-state index contributed by atoms with van der Waals surface area (Å²) in [6, 6.07) is 7.15. The quantitative estimate of drug-likeness (QED) is 0.775. The van der Waals surface area contributed by atoms with E-state index in [-0.39, 0.29) is 35.9 Å². The van der Waals surface area contributed by atoms with Crippen LogP contribution in [-0.4, -0.2) is 57.4 Å². The standard InChI is InChI=1S/C21H30N2O5/c1-26-17-5-3-4-14(12-17)21(25)23-18-7-6-15(13-19(18)27-2)20(24)22-16-8-10-28-11-9-16/h3-5,12,15-16,18-19H,6-11,13H2,1-2H3,(H,22,24)(H,23,25)/t15-,18-,19-/m0/s1. The van der Waals surface area contributed by atoms with Crippen LogP contribution in [0.15, 0.2) is 24.3 Å². The van der Waals surface area contributed by atoms with Crippen molar-refractivity contribution in [1.82, 2.24) is 10.6 Å². The second-order valence-electron chi connectivity index (χ2n) is 7.49. The molecule has 7 nitrogen and oxygen atoms in total. The van der Waals surface area contributed by atoms with E-state index in [9.17, 15) is 9.59 Å². The highest BCUT2D eigenvalue weighted by molar-refractivity contribution is 5.94. The average molecular weight is 390 g/mol. The first-order chi connectivity index (χ1) is 13.6. The van der Waals surface area contributed by atoms with Crippen molar-refractivity contribution in [1.29, 1.82) is 0 Å². The first-order valence-corrected chi connectivity index (χ1v) is 9.96. The van der Waals surface area contributed by atoms with E-state index in [4.69, 9.17) is 14.2 Å². The fourth-order valence-corrected chi connectivity index (χ4v) is 3.97. The molecule has 0 bridgehead atoms. The highest BCUT2D eigenvalue weighted by atomic mass is 16.5. The van der Waals surface area contributed by atoms with Gasteiger partial charge >= 0.3 is 0 Å². The summed E-state index contributed by atoms with van der Waals surface area (Å²) in [5.41, 5.74) is 0.550. The van der Waals surface area contributed by atoms with Crippen LogP contribution >= 0.6 is 0 Å². The number of hydrogen-bond acceptors (Lipinski definition) is 5. The summed E-state index contributed by atoms with van der Waals surface area (Å²) in [6.45, 7) is 1.41. The molecule has 1 heterocycles. The Bertz CT molecular complexity index is 675. The Kier molecular flexibility index (Phi) is 7.28. The molecule has 1 aliphatic carbocycles. The van der Waals surface area contributed by atoms with Gasteiger partial charge in [-0.2, -0.15) is 0 Å². The van der Waals surface area contributed by atoms with Crippen LogP contribution < -0.4 is 15.4 Å². The summed E-state index contributed by atoms with van der Waals surface area (Å²) < 4.78 is 16.1. The van der Waals surface area contributed by atoms with Gasteiger partial charge in [-0.05, 0) is 50.3 Å². The van der Waals surface area contributed by atoms with E-state index in [0.29, 0.717) is 37.4 Å². The maximum atomic E-state index is 12.6. The lowest BCUT2D eigenvalue weighted by molar-refractivity contribution is -0.129. The molecule has 1 saturated carbocycles. The minimum absolute atomic E-state index is 0.0854. The third-order valence-corrected chi connectivity index (χ3v) is 5.68. The molecule has 1 saturated heterocycles. The van der Waals surface area contributed by atoms with Crippen LogP contribution in [-0.2, 0) is 14.3 Å². The predicted molar refractivity (Wildman–Crippen MR) is 104 cm³/mol. The fourth-order valence-electron chi connectivity index (χ4n) is 3.97. The number of methoxy groups -OCH3 is 2. The van der Waals surface area contributed by atoms with Crippen molar-refractivity contribution < 1.29 is 23.8 Å². The van der Waals surface area contributed by atoms with Gasteiger partial charge in [-0.1, -0.05) is 6.07 Å². The molecular formula is C21H30N2O5. The Hall–Kier alpha value is -2.12. The lowest BCUT2D eigenvalue weighted by Crippen LogP contribution is -2.51. The van der Waals surface area contributed by atoms with E-state index < -0.39 is 0 Å². The van der Waals surface area contributed by atoms with E-state index >= 15 is 0 Å². The number of benzene rings is 1. The molecule has 1 aliphatic heterocycles. The number of amides is 2. The van der Waals surface area contributed by atoms with Crippen molar-refractivity contribution in [3.63, 3.8) is 0 Å². The Morgan fingerprint density at radius 1 is 1.07 bits per heavy atom. The van der Waals surface area contributed by atoms with Crippen LogP contribution in [0.4, 0.5) is 0 Å². The lowest BCUT2D eigenvalue weighted by Gasteiger charge is -2.36. The molecule has 28 heavy (non-hydrogen) atoms. The van der Waals surface area contributed by atoms with Gasteiger partial charge in [-0.15, -0.1) is 0 Å². The summed E-state index contributed by atoms with van der Waals surface area (Å²) in [5, 5.41) is 6.21. The molecule has 0 radical (unpaired) electrons. The van der Waals surface area contributed by atoms with Crippen LogP contribution in [0.5, 0.6) is 5.75 Å². The highest BCUT2D eigenvalue weighted by Crippen LogP contribution is 2.27. The smallest absolute Gasteiger partial charge is 0.251 e. The molecule has 154 valence electrons. The zero-order valence-electron chi connectivity index (χ0n) is 16.6. The van der Waals surface area contributed by atoms with Gasteiger partial charge < -0.3 is 24.8 Å². The van der Waals surface area contributed by atoms with E-state index in [1.807, 2.05) is 0 Å². The molecule has 0 unspecified atom stereocenters. The molecule has 7 heteroatoms. The molecule has 1 aromatic rings. The molecule has 2 amide bonds. The predicted octanol–water partition coefficient (Wildman–Crippen LogP) is 1.90. The Balaban J connectivity index is 1.54. The van der Waals surface area contributed by atoms with Crippen LogP contribution in [0.2, 0.25) is 0 Å². The van der Waals surface area contributed by atoms with Crippen molar-refractivity contribution in [2.24, 2.45) is 5.92 Å². The van der Waals surface area contributed by atoms with Gasteiger partial charge in [0.1, 0.15) is 5.75 Å². The molecule has 3 atom stereocenters. The van der Waals surface area contributed by atoms with Crippen molar-refractivity contribution in [2.45, 2.75) is 50.3 Å². The number of ether oxygens (including phenoxy) is 3. The van der Waals surface area contributed by atoms with Crippen LogP contribution in [0.3, 0.4) is 0 Å². The summed E-state index contributed by atoms with van der Waals surface area (Å²) in [6.07, 6.45) is 3.59. The van der Waals surface area contributed by atoms with Gasteiger partial charge in [0.2, 0.25) is 5.91 Å². The van der Waals surface area contributed by atoms with Crippen molar-refractivity contribution in [3.05, 3.63) is 29.8 Å². The lowest BCUT2D eigenvalue weighted by atomic mass is 9.82. The third kappa shape index (κ3) is 5.23. The van der Waals surface area contributed by atoms with Crippen LogP contribution in [0.25, 0.3) is 0 Å². The number of carbonyl (C=O) groups excluding carboxylic acids is 2. The molecule has 0 aromatic heterocycles. The maximum absolute atomic E-state index is 12.6. The molecule has 2 fully saturated rings. The maximum Gasteiger partial charge on any atom is 0.251 e. The van der Waals surface area contributed by atoms with Crippen molar-refractivity contribution in [2.75, 3.05) is 27.4 Å². The Morgan fingerprint density at radius 2 is 1.86 bits per heavy atom. The molecular weight excluding hydrogens is 360 g/mol. The second kappa shape index (κ2) is 9.89. The SMILES string of the molecule is COc1cccc(C(=O)N[C@H]2CC[C@H](C(=O)NC3CCOCC3)C[C@@H]2OC)c1. The number of carbonyl (C=O) groups is 2. The average Bonchev–Trinajstić information content (AvgIpc) is 2.74.